The Balaban J connectivity index is 1.65. The molecule has 3 nitrogen and oxygen atoms in total. The van der Waals surface area contributed by atoms with Crippen molar-refractivity contribution in [1.29, 1.82) is 0 Å². The molecule has 1 aliphatic carbocycles. The van der Waals surface area contributed by atoms with Crippen molar-refractivity contribution in [2.75, 3.05) is 32.7 Å². The van der Waals surface area contributed by atoms with E-state index in [0.29, 0.717) is 0 Å². The maximum absolute atomic E-state index is 12.8. The molecule has 0 aromatic heterocycles. The number of carbonyl (C=O) groups is 1. The Bertz CT molecular complexity index is 522. The number of benzene rings is 1. The molecule has 0 spiro atoms. The van der Waals surface area contributed by atoms with Crippen LogP contribution in [0.2, 0.25) is 0 Å². The molecule has 114 valence electrons. The molecule has 0 N–H and O–H groups in total. The van der Waals surface area contributed by atoms with Gasteiger partial charge in [-0.2, -0.15) is 0 Å². The lowest BCUT2D eigenvalue weighted by molar-refractivity contribution is 0.0760. The van der Waals surface area contributed by atoms with Crippen molar-refractivity contribution in [1.82, 2.24) is 9.80 Å². The summed E-state index contributed by atoms with van der Waals surface area (Å²) < 4.78 is 0. The molecule has 0 unspecified atom stereocenters. The van der Waals surface area contributed by atoms with E-state index in [1.807, 2.05) is 13.0 Å². The summed E-state index contributed by atoms with van der Waals surface area (Å²) in [5.74, 6) is 1.15. The van der Waals surface area contributed by atoms with Crippen LogP contribution in [-0.2, 0) is 0 Å². The van der Waals surface area contributed by atoms with Crippen LogP contribution in [0.4, 0.5) is 0 Å². The summed E-state index contributed by atoms with van der Waals surface area (Å²) in [6, 6.07) is 6.16. The van der Waals surface area contributed by atoms with E-state index in [4.69, 9.17) is 0 Å². The summed E-state index contributed by atoms with van der Waals surface area (Å²) in [5.41, 5.74) is 3.13. The third-order valence-corrected chi connectivity index (χ3v) is 4.71. The highest BCUT2D eigenvalue weighted by Crippen LogP contribution is 2.30. The number of hydrogen-bond donors (Lipinski definition) is 0. The Morgan fingerprint density at radius 2 is 1.95 bits per heavy atom. The summed E-state index contributed by atoms with van der Waals surface area (Å²) in [4.78, 5) is 17.4. The Hall–Kier alpha value is -1.35. The van der Waals surface area contributed by atoms with E-state index in [-0.39, 0.29) is 5.91 Å². The average molecular weight is 286 g/mol. The van der Waals surface area contributed by atoms with Gasteiger partial charge in [0.1, 0.15) is 0 Å². The van der Waals surface area contributed by atoms with Crippen LogP contribution in [0.1, 0.15) is 40.7 Å². The van der Waals surface area contributed by atoms with E-state index in [0.717, 1.165) is 55.2 Å². The number of amides is 1. The van der Waals surface area contributed by atoms with Crippen molar-refractivity contribution in [2.45, 2.75) is 33.1 Å². The molecule has 1 aliphatic heterocycles. The topological polar surface area (TPSA) is 23.6 Å². The van der Waals surface area contributed by atoms with Crippen LogP contribution in [0.3, 0.4) is 0 Å². The quantitative estimate of drug-likeness (QED) is 0.853. The molecule has 1 amide bonds. The smallest absolute Gasteiger partial charge is 0.254 e. The van der Waals surface area contributed by atoms with Crippen LogP contribution in [0.15, 0.2) is 18.2 Å². The second kappa shape index (κ2) is 6.18. The van der Waals surface area contributed by atoms with Crippen molar-refractivity contribution in [3.63, 3.8) is 0 Å². The van der Waals surface area contributed by atoms with Crippen molar-refractivity contribution in [2.24, 2.45) is 5.92 Å². The Morgan fingerprint density at radius 1 is 1.14 bits per heavy atom. The Morgan fingerprint density at radius 3 is 2.71 bits per heavy atom. The number of carbonyl (C=O) groups excluding carboxylic acids is 1. The molecule has 21 heavy (non-hydrogen) atoms. The lowest BCUT2D eigenvalue weighted by atomic mass is 10.0. The molecule has 3 rings (SSSR count). The van der Waals surface area contributed by atoms with E-state index in [1.165, 1.54) is 19.4 Å². The summed E-state index contributed by atoms with van der Waals surface area (Å²) >= 11 is 0. The second-order valence-electron chi connectivity index (χ2n) is 6.71. The predicted octanol–water partition coefficient (Wildman–Crippen LogP) is 2.86. The van der Waals surface area contributed by atoms with E-state index in [9.17, 15) is 4.79 Å². The zero-order chi connectivity index (χ0) is 14.8. The van der Waals surface area contributed by atoms with E-state index in [2.05, 4.69) is 28.9 Å². The van der Waals surface area contributed by atoms with Crippen molar-refractivity contribution in [3.05, 3.63) is 34.9 Å². The van der Waals surface area contributed by atoms with Gasteiger partial charge in [-0.3, -0.25) is 4.79 Å². The summed E-state index contributed by atoms with van der Waals surface area (Å²) in [6.07, 6.45) is 3.91. The van der Waals surface area contributed by atoms with Gasteiger partial charge in [-0.25, -0.2) is 0 Å². The second-order valence-corrected chi connectivity index (χ2v) is 6.71. The summed E-state index contributed by atoms with van der Waals surface area (Å²) in [5, 5.41) is 0. The van der Waals surface area contributed by atoms with Gasteiger partial charge in [0.15, 0.2) is 0 Å². The molecule has 1 aromatic rings. The third kappa shape index (κ3) is 3.65. The minimum Gasteiger partial charge on any atom is -0.337 e. The van der Waals surface area contributed by atoms with E-state index >= 15 is 0 Å². The maximum atomic E-state index is 12.8. The van der Waals surface area contributed by atoms with Gasteiger partial charge in [-0.05, 0) is 57.2 Å². The minimum atomic E-state index is 0.212. The normalized spacial score (nSPS) is 20.4. The Labute approximate surface area is 127 Å². The monoisotopic (exact) mass is 286 g/mol. The number of rotatable bonds is 3. The molecule has 0 radical (unpaired) electrons. The number of aryl methyl sites for hydroxylation is 2. The maximum Gasteiger partial charge on any atom is 0.254 e. The van der Waals surface area contributed by atoms with Gasteiger partial charge in [0.05, 0.1) is 0 Å². The summed E-state index contributed by atoms with van der Waals surface area (Å²) in [7, 11) is 0. The molecule has 2 fully saturated rings. The number of hydrogen-bond acceptors (Lipinski definition) is 2. The molecule has 2 aliphatic rings. The number of nitrogens with zero attached hydrogens (tertiary/aromatic N) is 2. The van der Waals surface area contributed by atoms with Gasteiger partial charge in [0.2, 0.25) is 0 Å². The van der Waals surface area contributed by atoms with Crippen molar-refractivity contribution < 1.29 is 4.79 Å². The fourth-order valence-corrected chi connectivity index (χ4v) is 3.16. The molecular formula is C18H26N2O. The first-order chi connectivity index (χ1) is 10.1. The molecule has 1 saturated carbocycles. The van der Waals surface area contributed by atoms with Crippen LogP contribution in [0.25, 0.3) is 0 Å². The van der Waals surface area contributed by atoms with Crippen LogP contribution in [0, 0.1) is 19.8 Å². The third-order valence-electron chi connectivity index (χ3n) is 4.71. The minimum absolute atomic E-state index is 0.212. The standard InChI is InChI=1S/C18H26N2O/c1-14-4-5-15(2)17(12-14)18(21)20-9-3-8-19(10-11-20)13-16-6-7-16/h4-5,12,16H,3,6-11,13H2,1-2H3. The van der Waals surface area contributed by atoms with Gasteiger partial charge in [0, 0.05) is 31.7 Å². The SMILES string of the molecule is Cc1ccc(C)c(C(=O)N2CCCN(CC3CC3)CC2)c1. The van der Waals surface area contributed by atoms with E-state index in [1.54, 1.807) is 0 Å². The zero-order valence-corrected chi connectivity index (χ0v) is 13.3. The molecule has 1 aromatic carbocycles. The summed E-state index contributed by atoms with van der Waals surface area (Å²) in [6.45, 7) is 9.28. The molecule has 0 atom stereocenters. The van der Waals surface area contributed by atoms with Gasteiger partial charge in [-0.15, -0.1) is 0 Å². The van der Waals surface area contributed by atoms with Crippen LogP contribution >= 0.6 is 0 Å². The Kier molecular flexibility index (Phi) is 4.29. The molecule has 3 heteroatoms. The molecule has 1 heterocycles. The van der Waals surface area contributed by atoms with Crippen LogP contribution in [0.5, 0.6) is 0 Å². The van der Waals surface area contributed by atoms with Crippen LogP contribution < -0.4 is 0 Å². The fourth-order valence-electron chi connectivity index (χ4n) is 3.16. The van der Waals surface area contributed by atoms with Gasteiger partial charge < -0.3 is 9.80 Å². The molecule has 0 bridgehead atoms. The first kappa shape index (κ1) is 14.6. The van der Waals surface area contributed by atoms with E-state index < -0.39 is 0 Å². The fraction of sp³-hybridized carbons (Fsp3) is 0.611. The first-order valence-electron chi connectivity index (χ1n) is 8.22. The molecular weight excluding hydrogens is 260 g/mol. The van der Waals surface area contributed by atoms with Crippen molar-refractivity contribution in [3.8, 4) is 0 Å². The molecule has 1 saturated heterocycles. The van der Waals surface area contributed by atoms with Crippen LogP contribution in [-0.4, -0.2) is 48.4 Å². The first-order valence-corrected chi connectivity index (χ1v) is 8.22. The van der Waals surface area contributed by atoms with Crippen molar-refractivity contribution >= 4 is 5.91 Å². The largest absolute Gasteiger partial charge is 0.337 e. The highest BCUT2D eigenvalue weighted by molar-refractivity contribution is 5.95. The van der Waals surface area contributed by atoms with Gasteiger partial charge in [-0.1, -0.05) is 17.7 Å². The lowest BCUT2D eigenvalue weighted by Crippen LogP contribution is -2.36. The highest BCUT2D eigenvalue weighted by Gasteiger charge is 2.26. The predicted molar refractivity (Wildman–Crippen MR) is 85.6 cm³/mol. The highest BCUT2D eigenvalue weighted by atomic mass is 16.2. The lowest BCUT2D eigenvalue weighted by Gasteiger charge is -2.22. The van der Waals surface area contributed by atoms with Gasteiger partial charge in [0.25, 0.3) is 5.91 Å². The average Bonchev–Trinajstić information content (AvgIpc) is 3.29. The zero-order valence-electron chi connectivity index (χ0n) is 13.3. The van der Waals surface area contributed by atoms with Gasteiger partial charge >= 0.3 is 0 Å².